The summed E-state index contributed by atoms with van der Waals surface area (Å²) >= 11 is 0. The predicted molar refractivity (Wildman–Crippen MR) is 112 cm³/mol. The Kier molecular flexibility index (Phi) is 6.65. The Hall–Kier alpha value is -3.15. The molecule has 0 aliphatic rings. The van der Waals surface area contributed by atoms with Gasteiger partial charge in [-0.15, -0.1) is 0 Å². The van der Waals surface area contributed by atoms with Gasteiger partial charge in [0, 0.05) is 17.2 Å². The van der Waals surface area contributed by atoms with E-state index in [1.807, 2.05) is 57.2 Å². The summed E-state index contributed by atoms with van der Waals surface area (Å²) in [5.41, 5.74) is 2.62. The lowest BCUT2D eigenvalue weighted by Gasteiger charge is -2.25. The first kappa shape index (κ1) is 20.6. The van der Waals surface area contributed by atoms with E-state index in [0.29, 0.717) is 23.9 Å². The van der Waals surface area contributed by atoms with E-state index in [-0.39, 0.29) is 18.5 Å². The summed E-state index contributed by atoms with van der Waals surface area (Å²) in [4.78, 5) is 19.2. The first-order chi connectivity index (χ1) is 14.0. The van der Waals surface area contributed by atoms with E-state index in [1.54, 1.807) is 17.0 Å². The summed E-state index contributed by atoms with van der Waals surface area (Å²) < 4.78 is 11.0. The molecular formula is C23H27N3O3. The molecule has 0 bridgehead atoms. The molecule has 0 radical (unpaired) electrons. The summed E-state index contributed by atoms with van der Waals surface area (Å²) in [6, 6.07) is 15.1. The third-order valence-electron chi connectivity index (χ3n) is 4.51. The maximum atomic E-state index is 13.0. The highest BCUT2D eigenvalue weighted by Crippen LogP contribution is 2.20. The van der Waals surface area contributed by atoms with Gasteiger partial charge in [-0.3, -0.25) is 4.79 Å². The molecule has 1 amide bonds. The SMILES string of the molecule is CCCOc1ccc(C(=O)N(Cc2nc(-c3cccc(C)c3)no2)C(C)C)cc1. The summed E-state index contributed by atoms with van der Waals surface area (Å²) in [6.07, 6.45) is 0.941. The highest BCUT2D eigenvalue weighted by atomic mass is 16.5. The van der Waals surface area contributed by atoms with Crippen molar-refractivity contribution in [2.45, 2.75) is 46.7 Å². The van der Waals surface area contributed by atoms with E-state index in [4.69, 9.17) is 9.26 Å². The van der Waals surface area contributed by atoms with Gasteiger partial charge in [0.1, 0.15) is 12.3 Å². The van der Waals surface area contributed by atoms with Crippen LogP contribution in [-0.2, 0) is 6.54 Å². The molecule has 0 aliphatic heterocycles. The summed E-state index contributed by atoms with van der Waals surface area (Å²) in [5, 5.41) is 4.07. The zero-order chi connectivity index (χ0) is 20.8. The van der Waals surface area contributed by atoms with Crippen molar-refractivity contribution in [3.63, 3.8) is 0 Å². The van der Waals surface area contributed by atoms with Gasteiger partial charge in [0.05, 0.1) is 6.61 Å². The fourth-order valence-corrected chi connectivity index (χ4v) is 2.93. The Balaban J connectivity index is 1.74. The number of amides is 1. The molecule has 1 heterocycles. The van der Waals surface area contributed by atoms with Crippen LogP contribution in [0.25, 0.3) is 11.4 Å². The Bertz CT molecular complexity index is 948. The number of benzene rings is 2. The van der Waals surface area contributed by atoms with E-state index in [0.717, 1.165) is 23.3 Å². The van der Waals surface area contributed by atoms with Crippen LogP contribution in [0.3, 0.4) is 0 Å². The van der Waals surface area contributed by atoms with E-state index in [1.165, 1.54) is 0 Å². The number of hydrogen-bond donors (Lipinski definition) is 0. The maximum absolute atomic E-state index is 13.0. The van der Waals surface area contributed by atoms with Gasteiger partial charge in [-0.2, -0.15) is 4.98 Å². The minimum absolute atomic E-state index is 0.0205. The van der Waals surface area contributed by atoms with Gasteiger partial charge in [-0.25, -0.2) is 0 Å². The van der Waals surface area contributed by atoms with Crippen LogP contribution in [0.1, 0.15) is 49.0 Å². The highest BCUT2D eigenvalue weighted by molar-refractivity contribution is 5.94. The average molecular weight is 393 g/mol. The highest BCUT2D eigenvalue weighted by Gasteiger charge is 2.22. The molecule has 3 aromatic rings. The van der Waals surface area contributed by atoms with E-state index < -0.39 is 0 Å². The molecule has 0 unspecified atom stereocenters. The van der Waals surface area contributed by atoms with Crippen molar-refractivity contribution in [2.24, 2.45) is 0 Å². The van der Waals surface area contributed by atoms with Gasteiger partial charge in [0.2, 0.25) is 11.7 Å². The largest absolute Gasteiger partial charge is 0.494 e. The fourth-order valence-electron chi connectivity index (χ4n) is 2.93. The average Bonchev–Trinajstić information content (AvgIpc) is 3.19. The second-order valence-corrected chi connectivity index (χ2v) is 7.28. The van der Waals surface area contributed by atoms with Gasteiger partial charge < -0.3 is 14.2 Å². The van der Waals surface area contributed by atoms with Crippen molar-refractivity contribution in [3.05, 3.63) is 65.5 Å². The summed E-state index contributed by atoms with van der Waals surface area (Å²) in [7, 11) is 0. The number of carbonyl (C=O) groups is 1. The van der Waals surface area contributed by atoms with Crippen molar-refractivity contribution in [1.82, 2.24) is 15.0 Å². The first-order valence-electron chi connectivity index (χ1n) is 9.91. The quantitative estimate of drug-likeness (QED) is 0.545. The molecule has 1 aromatic heterocycles. The molecule has 0 saturated heterocycles. The minimum Gasteiger partial charge on any atom is -0.494 e. The second kappa shape index (κ2) is 9.37. The van der Waals surface area contributed by atoms with E-state index in [9.17, 15) is 4.79 Å². The minimum atomic E-state index is -0.0858. The Morgan fingerprint density at radius 1 is 1.17 bits per heavy atom. The Labute approximate surface area is 171 Å². The molecule has 29 heavy (non-hydrogen) atoms. The number of aryl methyl sites for hydroxylation is 1. The lowest BCUT2D eigenvalue weighted by atomic mass is 10.1. The molecule has 0 saturated carbocycles. The lowest BCUT2D eigenvalue weighted by molar-refractivity contribution is 0.0667. The number of aromatic nitrogens is 2. The molecule has 152 valence electrons. The molecular weight excluding hydrogens is 366 g/mol. The van der Waals surface area contributed by atoms with Crippen LogP contribution in [0.15, 0.2) is 53.1 Å². The normalized spacial score (nSPS) is 10.9. The van der Waals surface area contributed by atoms with Crippen LogP contribution >= 0.6 is 0 Å². The second-order valence-electron chi connectivity index (χ2n) is 7.28. The van der Waals surface area contributed by atoms with Crippen LogP contribution in [0.4, 0.5) is 0 Å². The molecule has 3 rings (SSSR count). The summed E-state index contributed by atoms with van der Waals surface area (Å²) in [5.74, 6) is 1.61. The molecule has 0 N–H and O–H groups in total. The zero-order valence-electron chi connectivity index (χ0n) is 17.4. The third kappa shape index (κ3) is 5.22. The Morgan fingerprint density at radius 2 is 1.93 bits per heavy atom. The number of ether oxygens (including phenoxy) is 1. The van der Waals surface area contributed by atoms with Crippen molar-refractivity contribution >= 4 is 5.91 Å². The van der Waals surface area contributed by atoms with Gasteiger partial charge in [0.25, 0.3) is 5.91 Å². The van der Waals surface area contributed by atoms with Crippen LogP contribution < -0.4 is 4.74 Å². The van der Waals surface area contributed by atoms with E-state index in [2.05, 4.69) is 17.1 Å². The van der Waals surface area contributed by atoms with Crippen LogP contribution in [0, 0.1) is 6.92 Å². The molecule has 2 aromatic carbocycles. The number of carbonyl (C=O) groups excluding carboxylic acids is 1. The first-order valence-corrected chi connectivity index (χ1v) is 9.91. The monoisotopic (exact) mass is 393 g/mol. The smallest absolute Gasteiger partial charge is 0.254 e. The molecule has 0 fully saturated rings. The standard InChI is InChI=1S/C23H27N3O3/c1-5-13-28-20-11-9-18(10-12-20)23(27)26(16(2)3)15-21-24-22(25-29-21)19-8-6-7-17(4)14-19/h6-12,14,16H,5,13,15H2,1-4H3. The van der Waals surface area contributed by atoms with Crippen molar-refractivity contribution in [1.29, 1.82) is 0 Å². The molecule has 6 nitrogen and oxygen atoms in total. The maximum Gasteiger partial charge on any atom is 0.254 e. The van der Waals surface area contributed by atoms with Crippen LogP contribution in [-0.4, -0.2) is 33.6 Å². The molecule has 0 aliphatic carbocycles. The molecule has 0 spiro atoms. The third-order valence-corrected chi connectivity index (χ3v) is 4.51. The van der Waals surface area contributed by atoms with Crippen molar-refractivity contribution in [3.8, 4) is 17.1 Å². The fraction of sp³-hybridized carbons (Fsp3) is 0.348. The van der Waals surface area contributed by atoms with Crippen molar-refractivity contribution < 1.29 is 14.1 Å². The van der Waals surface area contributed by atoms with Gasteiger partial charge in [0.15, 0.2) is 0 Å². The van der Waals surface area contributed by atoms with Gasteiger partial charge in [-0.1, -0.05) is 35.8 Å². The summed E-state index contributed by atoms with van der Waals surface area (Å²) in [6.45, 7) is 8.92. The van der Waals surface area contributed by atoms with Crippen molar-refractivity contribution in [2.75, 3.05) is 6.61 Å². The lowest BCUT2D eigenvalue weighted by Crippen LogP contribution is -2.36. The van der Waals surface area contributed by atoms with E-state index >= 15 is 0 Å². The number of hydrogen-bond acceptors (Lipinski definition) is 5. The van der Waals surface area contributed by atoms with Gasteiger partial charge in [-0.05, 0) is 57.5 Å². The number of nitrogens with zero attached hydrogens (tertiary/aromatic N) is 3. The number of rotatable bonds is 8. The van der Waals surface area contributed by atoms with Crippen LogP contribution in [0.2, 0.25) is 0 Å². The molecule has 0 atom stereocenters. The zero-order valence-corrected chi connectivity index (χ0v) is 17.4. The Morgan fingerprint density at radius 3 is 2.59 bits per heavy atom. The topological polar surface area (TPSA) is 68.5 Å². The molecule has 6 heteroatoms. The predicted octanol–water partition coefficient (Wildman–Crippen LogP) is 4.88. The van der Waals surface area contributed by atoms with Crippen LogP contribution in [0.5, 0.6) is 5.75 Å². The van der Waals surface area contributed by atoms with Gasteiger partial charge >= 0.3 is 0 Å².